The number of benzene rings is 1. The zero-order valence-electron chi connectivity index (χ0n) is 11.8. The Kier molecular flexibility index (Phi) is 4.28. The third-order valence-electron chi connectivity index (χ3n) is 3.70. The van der Waals surface area contributed by atoms with E-state index < -0.39 is 10.0 Å². The summed E-state index contributed by atoms with van der Waals surface area (Å²) in [6.45, 7) is 5.90. The largest absolute Gasteiger partial charge is 0.319 e. The van der Waals surface area contributed by atoms with Crippen LogP contribution in [0.15, 0.2) is 23.1 Å². The van der Waals surface area contributed by atoms with Crippen LogP contribution in [-0.4, -0.2) is 39.4 Å². The highest BCUT2D eigenvalue weighted by Gasteiger charge is 2.32. The summed E-state index contributed by atoms with van der Waals surface area (Å²) < 4.78 is 26.9. The average molecular weight is 282 g/mol. The fourth-order valence-electron chi connectivity index (χ4n) is 2.60. The SMILES string of the molecule is CNCC1CCN(S(=O)(=O)c2cc(C)ccc2C)C1. The zero-order chi connectivity index (χ0) is 14.0. The van der Waals surface area contributed by atoms with Gasteiger partial charge >= 0.3 is 0 Å². The topological polar surface area (TPSA) is 49.4 Å². The molecule has 1 unspecified atom stereocenters. The number of sulfonamides is 1. The molecule has 1 aromatic carbocycles. The predicted molar refractivity (Wildman–Crippen MR) is 76.7 cm³/mol. The molecule has 1 fully saturated rings. The summed E-state index contributed by atoms with van der Waals surface area (Å²) in [6.07, 6.45) is 0.935. The van der Waals surface area contributed by atoms with Crippen molar-refractivity contribution in [3.05, 3.63) is 29.3 Å². The Bertz CT molecular complexity index is 555. The molecule has 106 valence electrons. The van der Waals surface area contributed by atoms with E-state index in [2.05, 4.69) is 5.32 Å². The molecule has 1 aromatic rings. The van der Waals surface area contributed by atoms with Gasteiger partial charge in [0.25, 0.3) is 0 Å². The van der Waals surface area contributed by atoms with Gasteiger partial charge in [-0.3, -0.25) is 0 Å². The lowest BCUT2D eigenvalue weighted by Gasteiger charge is -2.18. The summed E-state index contributed by atoms with van der Waals surface area (Å²) in [5.41, 5.74) is 1.80. The van der Waals surface area contributed by atoms with Gasteiger partial charge < -0.3 is 5.32 Å². The average Bonchev–Trinajstić information content (AvgIpc) is 2.82. The van der Waals surface area contributed by atoms with Crippen molar-refractivity contribution in [1.82, 2.24) is 9.62 Å². The first-order valence-electron chi connectivity index (χ1n) is 6.67. The minimum absolute atomic E-state index is 0.421. The van der Waals surface area contributed by atoms with E-state index in [9.17, 15) is 8.42 Å². The second-order valence-corrected chi connectivity index (χ2v) is 7.25. The molecule has 4 nitrogen and oxygen atoms in total. The molecule has 0 amide bonds. The maximum Gasteiger partial charge on any atom is 0.243 e. The zero-order valence-corrected chi connectivity index (χ0v) is 12.6. The van der Waals surface area contributed by atoms with Gasteiger partial charge in [0.1, 0.15) is 0 Å². The van der Waals surface area contributed by atoms with Crippen molar-refractivity contribution in [2.24, 2.45) is 5.92 Å². The van der Waals surface area contributed by atoms with Crippen molar-refractivity contribution in [1.29, 1.82) is 0 Å². The molecule has 0 radical (unpaired) electrons. The standard InChI is InChI=1S/C14H22N2O2S/c1-11-4-5-12(2)14(8-11)19(17,18)16-7-6-13(10-16)9-15-3/h4-5,8,13,15H,6-7,9-10H2,1-3H3. The first-order chi connectivity index (χ1) is 8.95. The lowest BCUT2D eigenvalue weighted by atomic mass is 10.1. The second-order valence-electron chi connectivity index (χ2n) is 5.34. The van der Waals surface area contributed by atoms with Crippen molar-refractivity contribution in [3.8, 4) is 0 Å². The van der Waals surface area contributed by atoms with Crippen molar-refractivity contribution in [3.63, 3.8) is 0 Å². The molecule has 5 heteroatoms. The number of nitrogens with one attached hydrogen (secondary N) is 1. The van der Waals surface area contributed by atoms with Gasteiger partial charge in [-0.15, -0.1) is 0 Å². The van der Waals surface area contributed by atoms with Crippen molar-refractivity contribution >= 4 is 10.0 Å². The van der Waals surface area contributed by atoms with Gasteiger partial charge in [-0.1, -0.05) is 12.1 Å². The predicted octanol–water partition coefficient (Wildman–Crippen LogP) is 1.53. The molecular formula is C14H22N2O2S. The molecule has 0 aliphatic carbocycles. The van der Waals surface area contributed by atoms with E-state index in [0.717, 1.165) is 24.1 Å². The van der Waals surface area contributed by atoms with E-state index in [1.807, 2.05) is 33.0 Å². The molecule has 0 aromatic heterocycles. The lowest BCUT2D eigenvalue weighted by molar-refractivity contribution is 0.451. The fraction of sp³-hybridized carbons (Fsp3) is 0.571. The first-order valence-corrected chi connectivity index (χ1v) is 8.11. The Labute approximate surface area is 115 Å². The Morgan fingerprint density at radius 2 is 2.11 bits per heavy atom. The van der Waals surface area contributed by atoms with Gasteiger partial charge in [-0.2, -0.15) is 4.31 Å². The summed E-state index contributed by atoms with van der Waals surface area (Å²) in [7, 11) is -1.43. The second kappa shape index (κ2) is 5.61. The number of nitrogens with zero attached hydrogens (tertiary/aromatic N) is 1. The van der Waals surface area contributed by atoms with Crippen LogP contribution in [0.25, 0.3) is 0 Å². The van der Waals surface area contributed by atoms with Gasteiger partial charge in [-0.25, -0.2) is 8.42 Å². The molecule has 0 bridgehead atoms. The molecular weight excluding hydrogens is 260 g/mol. The monoisotopic (exact) mass is 282 g/mol. The lowest BCUT2D eigenvalue weighted by Crippen LogP contribution is -2.31. The number of hydrogen-bond acceptors (Lipinski definition) is 3. The third-order valence-corrected chi connectivity index (χ3v) is 5.71. The van der Waals surface area contributed by atoms with Crippen molar-refractivity contribution in [2.45, 2.75) is 25.2 Å². The van der Waals surface area contributed by atoms with Crippen LogP contribution in [0, 0.1) is 19.8 Å². The van der Waals surface area contributed by atoms with Gasteiger partial charge in [0.05, 0.1) is 4.90 Å². The number of hydrogen-bond donors (Lipinski definition) is 1. The fourth-order valence-corrected chi connectivity index (χ4v) is 4.44. The van der Waals surface area contributed by atoms with Crippen LogP contribution in [0.1, 0.15) is 17.5 Å². The van der Waals surface area contributed by atoms with Crippen molar-refractivity contribution in [2.75, 3.05) is 26.7 Å². The molecule has 1 N–H and O–H groups in total. The van der Waals surface area contributed by atoms with Crippen LogP contribution in [0.2, 0.25) is 0 Å². The third kappa shape index (κ3) is 2.99. The van der Waals surface area contributed by atoms with Crippen LogP contribution < -0.4 is 5.32 Å². The van der Waals surface area contributed by atoms with Gasteiger partial charge in [0.2, 0.25) is 10.0 Å². The first kappa shape index (κ1) is 14.5. The number of rotatable bonds is 4. The van der Waals surface area contributed by atoms with Crippen LogP contribution >= 0.6 is 0 Å². The van der Waals surface area contributed by atoms with Crippen LogP contribution in [-0.2, 0) is 10.0 Å². The summed E-state index contributed by atoms with van der Waals surface area (Å²) in [6, 6.07) is 5.60. The summed E-state index contributed by atoms with van der Waals surface area (Å²) in [5, 5.41) is 3.12. The Morgan fingerprint density at radius 1 is 1.37 bits per heavy atom. The van der Waals surface area contributed by atoms with Gasteiger partial charge in [-0.05, 0) is 57.0 Å². The van der Waals surface area contributed by atoms with Crippen LogP contribution in [0.5, 0.6) is 0 Å². The molecule has 1 atom stereocenters. The summed E-state index contributed by atoms with van der Waals surface area (Å²) in [5.74, 6) is 0.421. The van der Waals surface area contributed by atoms with E-state index in [4.69, 9.17) is 0 Å². The highest BCUT2D eigenvalue weighted by atomic mass is 32.2. The molecule has 2 rings (SSSR count). The van der Waals surface area contributed by atoms with E-state index in [0.29, 0.717) is 23.9 Å². The van der Waals surface area contributed by atoms with E-state index >= 15 is 0 Å². The normalized spacial score (nSPS) is 20.9. The van der Waals surface area contributed by atoms with E-state index in [1.165, 1.54) is 0 Å². The molecule has 0 spiro atoms. The molecule has 1 heterocycles. The Balaban J connectivity index is 2.26. The highest BCUT2D eigenvalue weighted by Crippen LogP contribution is 2.26. The summed E-state index contributed by atoms with van der Waals surface area (Å²) >= 11 is 0. The maximum absolute atomic E-state index is 12.7. The minimum atomic E-state index is -3.34. The summed E-state index contributed by atoms with van der Waals surface area (Å²) in [4.78, 5) is 0.456. The van der Waals surface area contributed by atoms with Crippen LogP contribution in [0.3, 0.4) is 0 Å². The Hall–Kier alpha value is -0.910. The smallest absolute Gasteiger partial charge is 0.243 e. The maximum atomic E-state index is 12.7. The molecule has 1 saturated heterocycles. The molecule has 0 saturated carbocycles. The number of aryl methyl sites for hydroxylation is 2. The minimum Gasteiger partial charge on any atom is -0.319 e. The van der Waals surface area contributed by atoms with Gasteiger partial charge in [0.15, 0.2) is 0 Å². The molecule has 19 heavy (non-hydrogen) atoms. The molecule has 1 aliphatic rings. The van der Waals surface area contributed by atoms with Gasteiger partial charge in [0, 0.05) is 13.1 Å². The van der Waals surface area contributed by atoms with E-state index in [1.54, 1.807) is 10.4 Å². The quantitative estimate of drug-likeness (QED) is 0.911. The van der Waals surface area contributed by atoms with Crippen LogP contribution in [0.4, 0.5) is 0 Å². The van der Waals surface area contributed by atoms with E-state index in [-0.39, 0.29) is 0 Å². The molecule has 1 aliphatic heterocycles. The highest BCUT2D eigenvalue weighted by molar-refractivity contribution is 7.89. The Morgan fingerprint density at radius 3 is 2.79 bits per heavy atom. The van der Waals surface area contributed by atoms with Crippen molar-refractivity contribution < 1.29 is 8.42 Å².